The second-order valence-corrected chi connectivity index (χ2v) is 8.74. The maximum absolute atomic E-state index is 12.9. The van der Waals surface area contributed by atoms with Crippen molar-refractivity contribution >= 4 is 22.0 Å². The highest BCUT2D eigenvalue weighted by Crippen LogP contribution is 2.30. The molecule has 0 spiro atoms. The molecule has 7 heteroatoms. The number of para-hydroxylation sites is 1. The molecule has 148 valence electrons. The molecule has 0 atom stereocenters. The van der Waals surface area contributed by atoms with Crippen molar-refractivity contribution in [1.29, 1.82) is 0 Å². The van der Waals surface area contributed by atoms with Gasteiger partial charge in [0, 0.05) is 13.6 Å². The fourth-order valence-electron chi connectivity index (χ4n) is 2.86. The van der Waals surface area contributed by atoms with Crippen LogP contribution in [0.5, 0.6) is 0 Å². The Morgan fingerprint density at radius 1 is 1.08 bits per heavy atom. The van der Waals surface area contributed by atoms with Crippen LogP contribution in [0.15, 0.2) is 24.3 Å². The summed E-state index contributed by atoms with van der Waals surface area (Å²) in [4.78, 5) is 11.8. The monoisotopic (exact) mass is 384 g/mol. The third-order valence-corrected chi connectivity index (χ3v) is 6.19. The summed E-state index contributed by atoms with van der Waals surface area (Å²) in [6.07, 6.45) is 4.74. The number of nitrogens with zero attached hydrogens (tertiary/aromatic N) is 2. The molecule has 0 heterocycles. The number of amides is 1. The molecule has 0 aliphatic carbocycles. The van der Waals surface area contributed by atoms with Crippen LogP contribution < -0.4 is 4.31 Å². The second kappa shape index (κ2) is 10.5. The number of carbonyl (C=O) groups is 1. The standard InChI is InChI=1S/C19H32N2O4S/c1-5-6-7-8-9-12-15-20(4)26(24,25)21(19(22)23)18-14-11-10-13-17(18)16(2)3/h10-11,13-14,16H,5-9,12,15H2,1-4H3,(H,22,23). The van der Waals surface area contributed by atoms with Crippen LogP contribution in [-0.2, 0) is 10.2 Å². The van der Waals surface area contributed by atoms with E-state index in [1.807, 2.05) is 13.8 Å². The van der Waals surface area contributed by atoms with Gasteiger partial charge in [0.15, 0.2) is 0 Å². The zero-order chi connectivity index (χ0) is 19.7. The van der Waals surface area contributed by atoms with Crippen molar-refractivity contribution in [3.63, 3.8) is 0 Å². The Hall–Kier alpha value is -1.60. The van der Waals surface area contributed by atoms with Gasteiger partial charge in [-0.05, 0) is 24.0 Å². The second-order valence-electron chi connectivity index (χ2n) is 6.86. The van der Waals surface area contributed by atoms with Crippen LogP contribution in [0.4, 0.5) is 10.5 Å². The van der Waals surface area contributed by atoms with Gasteiger partial charge in [-0.2, -0.15) is 17.0 Å². The van der Waals surface area contributed by atoms with E-state index >= 15 is 0 Å². The molecule has 0 saturated heterocycles. The van der Waals surface area contributed by atoms with E-state index in [9.17, 15) is 18.3 Å². The summed E-state index contributed by atoms with van der Waals surface area (Å²) in [6, 6.07) is 6.74. The topological polar surface area (TPSA) is 77.9 Å². The molecule has 0 aliphatic heterocycles. The number of hydrogen-bond donors (Lipinski definition) is 1. The van der Waals surface area contributed by atoms with Gasteiger partial charge < -0.3 is 5.11 Å². The third kappa shape index (κ3) is 5.99. The molecular formula is C19H32N2O4S. The summed E-state index contributed by atoms with van der Waals surface area (Å²) >= 11 is 0. The minimum Gasteiger partial charge on any atom is -0.464 e. The number of carboxylic acid groups (broad SMARTS) is 1. The van der Waals surface area contributed by atoms with E-state index in [1.54, 1.807) is 24.3 Å². The predicted molar refractivity (Wildman–Crippen MR) is 106 cm³/mol. The lowest BCUT2D eigenvalue weighted by molar-refractivity contribution is 0.205. The smallest absolute Gasteiger partial charge is 0.426 e. The van der Waals surface area contributed by atoms with Crippen molar-refractivity contribution in [3.05, 3.63) is 29.8 Å². The molecule has 1 N–H and O–H groups in total. The highest BCUT2D eigenvalue weighted by Gasteiger charge is 2.34. The van der Waals surface area contributed by atoms with Crippen molar-refractivity contribution in [3.8, 4) is 0 Å². The maximum Gasteiger partial charge on any atom is 0.426 e. The predicted octanol–water partition coefficient (Wildman–Crippen LogP) is 4.83. The van der Waals surface area contributed by atoms with E-state index in [1.165, 1.54) is 13.5 Å². The normalized spacial score (nSPS) is 11.9. The van der Waals surface area contributed by atoms with Gasteiger partial charge in [0.05, 0.1) is 5.69 Å². The van der Waals surface area contributed by atoms with Crippen molar-refractivity contribution in [2.24, 2.45) is 0 Å². The lowest BCUT2D eigenvalue weighted by atomic mass is 10.0. The van der Waals surface area contributed by atoms with E-state index in [0.717, 1.165) is 36.4 Å². The minimum atomic E-state index is -4.14. The van der Waals surface area contributed by atoms with E-state index in [4.69, 9.17) is 0 Å². The summed E-state index contributed by atoms with van der Waals surface area (Å²) in [6.45, 7) is 6.27. The number of unbranched alkanes of at least 4 members (excludes halogenated alkanes) is 5. The Balaban J connectivity index is 2.93. The zero-order valence-electron chi connectivity index (χ0n) is 16.3. The largest absolute Gasteiger partial charge is 0.464 e. The van der Waals surface area contributed by atoms with E-state index in [2.05, 4.69) is 6.92 Å². The molecule has 0 fully saturated rings. The number of benzene rings is 1. The molecule has 0 unspecified atom stereocenters. The highest BCUT2D eigenvalue weighted by molar-refractivity contribution is 7.91. The zero-order valence-corrected chi connectivity index (χ0v) is 17.1. The number of rotatable bonds is 11. The fraction of sp³-hybridized carbons (Fsp3) is 0.632. The molecule has 0 bridgehead atoms. The van der Waals surface area contributed by atoms with Crippen LogP contribution in [-0.4, -0.2) is 37.5 Å². The molecule has 6 nitrogen and oxygen atoms in total. The van der Waals surface area contributed by atoms with Crippen LogP contribution in [0.2, 0.25) is 0 Å². The molecule has 1 amide bonds. The number of anilines is 1. The van der Waals surface area contributed by atoms with E-state index < -0.39 is 16.3 Å². The van der Waals surface area contributed by atoms with Crippen molar-refractivity contribution < 1.29 is 18.3 Å². The molecular weight excluding hydrogens is 352 g/mol. The molecule has 0 saturated carbocycles. The molecule has 1 aromatic rings. The SMILES string of the molecule is CCCCCCCCN(C)S(=O)(=O)N(C(=O)O)c1ccccc1C(C)C. The average molecular weight is 385 g/mol. The quantitative estimate of drug-likeness (QED) is 0.554. The first kappa shape index (κ1) is 22.4. The Kier molecular flexibility index (Phi) is 9.08. The highest BCUT2D eigenvalue weighted by atomic mass is 32.2. The van der Waals surface area contributed by atoms with Crippen LogP contribution in [0.3, 0.4) is 0 Å². The lowest BCUT2D eigenvalue weighted by Gasteiger charge is -2.27. The van der Waals surface area contributed by atoms with Gasteiger partial charge in [0.2, 0.25) is 0 Å². The van der Waals surface area contributed by atoms with Gasteiger partial charge >= 0.3 is 16.3 Å². The molecule has 26 heavy (non-hydrogen) atoms. The van der Waals surface area contributed by atoms with Gasteiger partial charge in [-0.1, -0.05) is 71.1 Å². The van der Waals surface area contributed by atoms with Crippen molar-refractivity contribution in [2.75, 3.05) is 17.9 Å². The Morgan fingerprint density at radius 3 is 2.23 bits per heavy atom. The number of hydrogen-bond acceptors (Lipinski definition) is 3. The summed E-state index contributed by atoms with van der Waals surface area (Å²) in [5, 5.41) is 9.61. The van der Waals surface area contributed by atoms with Crippen LogP contribution in [0, 0.1) is 0 Å². The fourth-order valence-corrected chi connectivity index (χ4v) is 4.11. The summed E-state index contributed by atoms with van der Waals surface area (Å²) in [7, 11) is -2.70. The van der Waals surface area contributed by atoms with Gasteiger partial charge in [-0.25, -0.2) is 4.79 Å². The molecule has 0 aliphatic rings. The van der Waals surface area contributed by atoms with Crippen LogP contribution in [0.25, 0.3) is 0 Å². The Bertz CT molecular complexity index is 674. The lowest BCUT2D eigenvalue weighted by Crippen LogP contribution is -2.45. The first-order valence-corrected chi connectivity index (χ1v) is 10.7. The first-order chi connectivity index (χ1) is 12.2. The molecule has 1 rings (SSSR count). The van der Waals surface area contributed by atoms with Crippen LogP contribution in [0.1, 0.15) is 70.8 Å². The van der Waals surface area contributed by atoms with Gasteiger partial charge in [-0.3, -0.25) is 0 Å². The van der Waals surface area contributed by atoms with Gasteiger partial charge in [-0.15, -0.1) is 0 Å². The minimum absolute atomic E-state index is 0.00659. The third-order valence-electron chi connectivity index (χ3n) is 4.40. The van der Waals surface area contributed by atoms with Gasteiger partial charge in [0.1, 0.15) is 0 Å². The first-order valence-electron chi connectivity index (χ1n) is 9.31. The van der Waals surface area contributed by atoms with Crippen molar-refractivity contribution in [2.45, 2.75) is 65.2 Å². The van der Waals surface area contributed by atoms with E-state index in [-0.39, 0.29) is 11.6 Å². The summed E-state index contributed by atoms with van der Waals surface area (Å²) < 4.78 is 27.4. The maximum atomic E-state index is 12.9. The Labute approximate surface area is 158 Å². The summed E-state index contributed by atoms with van der Waals surface area (Å²) in [5.74, 6) is 0.00659. The Morgan fingerprint density at radius 2 is 1.65 bits per heavy atom. The average Bonchev–Trinajstić information content (AvgIpc) is 2.57. The van der Waals surface area contributed by atoms with Crippen molar-refractivity contribution in [1.82, 2.24) is 4.31 Å². The molecule has 0 radical (unpaired) electrons. The van der Waals surface area contributed by atoms with Crippen LogP contribution >= 0.6 is 0 Å². The van der Waals surface area contributed by atoms with Gasteiger partial charge in [0.25, 0.3) is 0 Å². The summed E-state index contributed by atoms with van der Waals surface area (Å²) in [5.41, 5.74) is 0.885. The molecule has 0 aromatic heterocycles. The molecule has 1 aromatic carbocycles. The van der Waals surface area contributed by atoms with E-state index in [0.29, 0.717) is 16.4 Å².